The molecule has 2 aromatic rings. The molecule has 138 valence electrons. The van der Waals surface area contributed by atoms with Crippen LogP contribution in [0.5, 0.6) is 0 Å². The van der Waals surface area contributed by atoms with E-state index in [4.69, 9.17) is 29.0 Å². The first kappa shape index (κ1) is 19.9. The molecule has 9 nitrogen and oxygen atoms in total. The van der Waals surface area contributed by atoms with Gasteiger partial charge in [0.25, 0.3) is 21.6 Å². The zero-order valence-electron chi connectivity index (χ0n) is 12.9. The lowest BCUT2D eigenvalue weighted by molar-refractivity contribution is -0.384. The Hall–Kier alpha value is -2.40. The zero-order valence-corrected chi connectivity index (χ0v) is 15.3. The molecule has 0 radical (unpaired) electrons. The summed E-state index contributed by atoms with van der Waals surface area (Å²) >= 11 is 11.8. The molecule has 3 N–H and O–H groups in total. The summed E-state index contributed by atoms with van der Waals surface area (Å²) in [5, 5.41) is 11.2. The molecule has 0 saturated carbocycles. The van der Waals surface area contributed by atoms with Gasteiger partial charge >= 0.3 is 0 Å². The molecule has 0 bridgehead atoms. The Morgan fingerprint density at radius 3 is 2.35 bits per heavy atom. The van der Waals surface area contributed by atoms with Crippen LogP contribution in [0.2, 0.25) is 10.0 Å². The number of carbonyl (C=O) groups excluding carboxylic acids is 1. The molecule has 0 aliphatic heterocycles. The third-order valence-electron chi connectivity index (χ3n) is 3.26. The quantitative estimate of drug-likeness (QED) is 0.319. The fourth-order valence-electron chi connectivity index (χ4n) is 2.02. The topological polar surface area (TPSA) is 136 Å². The molecule has 0 atom stereocenters. The van der Waals surface area contributed by atoms with Crippen molar-refractivity contribution in [2.24, 2.45) is 5.84 Å². The number of non-ortho nitro benzene ring substituents is 1. The number of anilines is 1. The van der Waals surface area contributed by atoms with Crippen LogP contribution in [0.15, 0.2) is 47.4 Å². The second-order valence-corrected chi connectivity index (χ2v) is 7.63. The lowest BCUT2D eigenvalue weighted by Gasteiger charge is -2.24. The highest BCUT2D eigenvalue weighted by Gasteiger charge is 2.30. The zero-order chi connectivity index (χ0) is 19.5. The summed E-state index contributed by atoms with van der Waals surface area (Å²) in [5.41, 5.74) is 1.18. The number of amides is 1. The average Bonchev–Trinajstić information content (AvgIpc) is 2.60. The van der Waals surface area contributed by atoms with E-state index in [2.05, 4.69) is 0 Å². The van der Waals surface area contributed by atoms with Crippen LogP contribution >= 0.6 is 23.2 Å². The van der Waals surface area contributed by atoms with Gasteiger partial charge in [-0.15, -0.1) is 0 Å². The molecule has 0 spiro atoms. The van der Waals surface area contributed by atoms with Crippen molar-refractivity contribution in [1.82, 2.24) is 5.43 Å². The summed E-state index contributed by atoms with van der Waals surface area (Å²) in [5.74, 6) is 4.19. The number of nitrogens with two attached hydrogens (primary N) is 1. The van der Waals surface area contributed by atoms with Crippen molar-refractivity contribution < 1.29 is 18.1 Å². The Morgan fingerprint density at radius 2 is 1.81 bits per heavy atom. The van der Waals surface area contributed by atoms with Gasteiger partial charge in [0.2, 0.25) is 0 Å². The smallest absolute Gasteiger partial charge is 0.271 e. The van der Waals surface area contributed by atoms with Crippen LogP contribution in [-0.2, 0) is 14.8 Å². The van der Waals surface area contributed by atoms with Gasteiger partial charge < -0.3 is 0 Å². The van der Waals surface area contributed by atoms with E-state index in [9.17, 15) is 23.3 Å². The maximum absolute atomic E-state index is 13.0. The van der Waals surface area contributed by atoms with Crippen molar-refractivity contribution >= 4 is 50.5 Å². The summed E-state index contributed by atoms with van der Waals surface area (Å²) in [4.78, 5) is 21.8. The van der Waals surface area contributed by atoms with Crippen LogP contribution in [0.4, 0.5) is 11.4 Å². The highest BCUT2D eigenvalue weighted by Crippen LogP contribution is 2.33. The first-order valence-electron chi connectivity index (χ1n) is 6.88. The number of hydrogen-bond donors (Lipinski definition) is 2. The SMILES string of the molecule is NNC(=O)CN(c1cc([N+](=O)[O-])ccc1Cl)S(=O)(=O)c1ccc(Cl)cc1. The largest absolute Gasteiger partial charge is 0.293 e. The van der Waals surface area contributed by atoms with Crippen molar-refractivity contribution in [3.8, 4) is 0 Å². The van der Waals surface area contributed by atoms with Gasteiger partial charge in [-0.2, -0.15) is 0 Å². The minimum Gasteiger partial charge on any atom is -0.293 e. The Balaban J connectivity index is 2.64. The number of sulfonamides is 1. The fraction of sp³-hybridized carbons (Fsp3) is 0.0714. The number of hydrazine groups is 1. The normalized spacial score (nSPS) is 11.0. The highest BCUT2D eigenvalue weighted by molar-refractivity contribution is 7.92. The van der Waals surface area contributed by atoms with E-state index in [1.165, 1.54) is 30.3 Å². The van der Waals surface area contributed by atoms with Gasteiger partial charge in [-0.1, -0.05) is 23.2 Å². The lowest BCUT2D eigenvalue weighted by Crippen LogP contribution is -2.43. The molecule has 2 aromatic carbocycles. The van der Waals surface area contributed by atoms with Gasteiger partial charge in [0, 0.05) is 17.2 Å². The molecule has 12 heteroatoms. The fourth-order valence-corrected chi connectivity index (χ4v) is 3.84. The first-order valence-corrected chi connectivity index (χ1v) is 9.08. The molecule has 0 aliphatic rings. The van der Waals surface area contributed by atoms with Crippen LogP contribution < -0.4 is 15.6 Å². The van der Waals surface area contributed by atoms with E-state index in [1.54, 1.807) is 0 Å². The maximum atomic E-state index is 13.0. The van der Waals surface area contributed by atoms with Gasteiger partial charge in [0.15, 0.2) is 0 Å². The van der Waals surface area contributed by atoms with Crippen molar-refractivity contribution in [2.45, 2.75) is 4.90 Å². The van der Waals surface area contributed by atoms with Crippen molar-refractivity contribution in [1.29, 1.82) is 0 Å². The second kappa shape index (κ2) is 7.87. The molecule has 0 unspecified atom stereocenters. The molecule has 0 aromatic heterocycles. The van der Waals surface area contributed by atoms with Gasteiger partial charge in [0.05, 0.1) is 20.5 Å². The minimum absolute atomic E-state index is 0.0991. The van der Waals surface area contributed by atoms with Crippen molar-refractivity contribution in [3.05, 3.63) is 62.6 Å². The standard InChI is InChI=1S/C14H12Cl2N4O5S/c15-9-1-4-11(5-2-9)26(24,25)19(8-14(21)18-17)13-7-10(20(22)23)3-6-12(13)16/h1-7H,8,17H2,(H,18,21). The van der Waals surface area contributed by atoms with E-state index in [0.717, 1.165) is 12.1 Å². The molecule has 0 aliphatic carbocycles. The van der Waals surface area contributed by atoms with E-state index in [0.29, 0.717) is 9.33 Å². The predicted molar refractivity (Wildman–Crippen MR) is 96.4 cm³/mol. The molecule has 26 heavy (non-hydrogen) atoms. The Morgan fingerprint density at radius 1 is 1.19 bits per heavy atom. The number of halogens is 2. The molecule has 0 heterocycles. The summed E-state index contributed by atoms with van der Waals surface area (Å²) in [6.07, 6.45) is 0. The Kier molecular flexibility index (Phi) is 6.03. The number of nitro benzene ring substituents is 1. The number of carbonyl (C=O) groups is 1. The van der Waals surface area contributed by atoms with Crippen LogP contribution in [0.1, 0.15) is 0 Å². The Labute approximate surface area is 158 Å². The number of hydrogen-bond acceptors (Lipinski definition) is 6. The Bertz CT molecular complexity index is 950. The summed E-state index contributed by atoms with van der Waals surface area (Å²) in [7, 11) is -4.29. The lowest BCUT2D eigenvalue weighted by atomic mass is 10.3. The van der Waals surface area contributed by atoms with Crippen LogP contribution in [0.25, 0.3) is 0 Å². The number of rotatable bonds is 6. The summed E-state index contributed by atoms with van der Waals surface area (Å²) < 4.78 is 26.6. The summed E-state index contributed by atoms with van der Waals surface area (Å²) in [6, 6.07) is 8.41. The third kappa shape index (κ3) is 4.22. The number of nitrogens with zero attached hydrogens (tertiary/aromatic N) is 2. The molecule has 0 fully saturated rings. The average molecular weight is 419 g/mol. The van der Waals surface area contributed by atoms with Crippen molar-refractivity contribution in [2.75, 3.05) is 10.8 Å². The predicted octanol–water partition coefficient (Wildman–Crippen LogP) is 2.09. The van der Waals surface area contributed by atoms with Gasteiger partial charge in [-0.05, 0) is 30.3 Å². The summed E-state index contributed by atoms with van der Waals surface area (Å²) in [6.45, 7) is -0.734. The molecule has 2 rings (SSSR count). The first-order chi connectivity index (χ1) is 12.2. The number of nitro groups is 1. The van der Waals surface area contributed by atoms with E-state index in [-0.39, 0.29) is 15.6 Å². The maximum Gasteiger partial charge on any atom is 0.271 e. The third-order valence-corrected chi connectivity index (χ3v) is 5.60. The van der Waals surface area contributed by atoms with E-state index in [1.807, 2.05) is 5.43 Å². The molecular weight excluding hydrogens is 407 g/mol. The van der Waals surface area contributed by atoms with Gasteiger partial charge in [-0.3, -0.25) is 24.6 Å². The minimum atomic E-state index is -4.29. The van der Waals surface area contributed by atoms with Crippen LogP contribution in [0.3, 0.4) is 0 Å². The highest BCUT2D eigenvalue weighted by atomic mass is 35.5. The van der Waals surface area contributed by atoms with Crippen molar-refractivity contribution in [3.63, 3.8) is 0 Å². The van der Waals surface area contributed by atoms with Crippen LogP contribution in [-0.4, -0.2) is 25.8 Å². The van der Waals surface area contributed by atoms with Crippen LogP contribution in [0, 0.1) is 10.1 Å². The molecule has 0 saturated heterocycles. The van der Waals surface area contributed by atoms with E-state index >= 15 is 0 Å². The molecular formula is C14H12Cl2N4O5S. The second-order valence-electron chi connectivity index (χ2n) is 4.93. The van der Waals surface area contributed by atoms with Gasteiger partial charge in [0.1, 0.15) is 6.54 Å². The van der Waals surface area contributed by atoms with E-state index < -0.39 is 33.1 Å². The number of benzene rings is 2. The molecule has 1 amide bonds. The number of nitrogens with one attached hydrogen (secondary N) is 1. The van der Waals surface area contributed by atoms with Gasteiger partial charge in [-0.25, -0.2) is 14.3 Å². The monoisotopic (exact) mass is 418 g/mol.